The van der Waals surface area contributed by atoms with Gasteiger partial charge in [0.2, 0.25) is 0 Å². The minimum Gasteiger partial charge on any atom is -0.460 e. The first-order valence-corrected chi connectivity index (χ1v) is 8.93. The number of carbonyl (C=O) groups excluding carboxylic acids is 2. The topological polar surface area (TPSA) is 83.1 Å². The number of esters is 1. The SMILES string of the molecule is C=C(C)C(=O)OCCNC(=O)OC(COCCCCOC)c1ccccc1. The normalized spacial score (nSPS) is 11.5. The third-order valence-corrected chi connectivity index (χ3v) is 3.53. The highest BCUT2D eigenvalue weighted by Gasteiger charge is 2.17. The van der Waals surface area contributed by atoms with Crippen LogP contribution < -0.4 is 5.32 Å². The van der Waals surface area contributed by atoms with Crippen molar-refractivity contribution in [3.05, 3.63) is 48.0 Å². The molecule has 1 aromatic rings. The number of alkyl carbamates (subject to hydrolysis) is 1. The van der Waals surface area contributed by atoms with E-state index in [-0.39, 0.29) is 19.8 Å². The van der Waals surface area contributed by atoms with Crippen LogP contribution in [0.2, 0.25) is 0 Å². The summed E-state index contributed by atoms with van der Waals surface area (Å²) in [5, 5.41) is 2.56. The van der Waals surface area contributed by atoms with E-state index < -0.39 is 18.2 Å². The summed E-state index contributed by atoms with van der Waals surface area (Å²) >= 11 is 0. The van der Waals surface area contributed by atoms with E-state index in [0.717, 1.165) is 18.4 Å². The third kappa shape index (κ3) is 10.4. The van der Waals surface area contributed by atoms with Gasteiger partial charge in [0, 0.05) is 25.9 Å². The fraction of sp³-hybridized carbons (Fsp3) is 0.500. The highest BCUT2D eigenvalue weighted by atomic mass is 16.6. The van der Waals surface area contributed by atoms with E-state index in [2.05, 4.69) is 11.9 Å². The first-order chi connectivity index (χ1) is 13.0. The largest absolute Gasteiger partial charge is 0.460 e. The van der Waals surface area contributed by atoms with Crippen LogP contribution in [0, 0.1) is 0 Å². The number of hydrogen-bond donors (Lipinski definition) is 1. The highest BCUT2D eigenvalue weighted by Crippen LogP contribution is 2.18. The molecular weight excluding hydrogens is 350 g/mol. The Labute approximate surface area is 160 Å². The lowest BCUT2D eigenvalue weighted by Gasteiger charge is -2.19. The summed E-state index contributed by atoms with van der Waals surface area (Å²) in [4.78, 5) is 23.3. The molecule has 0 saturated carbocycles. The van der Waals surface area contributed by atoms with E-state index in [0.29, 0.717) is 18.8 Å². The van der Waals surface area contributed by atoms with Gasteiger partial charge in [0.25, 0.3) is 0 Å². The second-order valence-corrected chi connectivity index (χ2v) is 5.92. The summed E-state index contributed by atoms with van der Waals surface area (Å²) in [6, 6.07) is 9.39. The molecule has 1 rings (SSSR count). The van der Waals surface area contributed by atoms with Crippen LogP contribution in [0.15, 0.2) is 42.5 Å². The van der Waals surface area contributed by atoms with Gasteiger partial charge in [0.15, 0.2) is 6.10 Å². The lowest BCUT2D eigenvalue weighted by atomic mass is 10.1. The number of amides is 1. The van der Waals surface area contributed by atoms with Crippen molar-refractivity contribution >= 4 is 12.1 Å². The Balaban J connectivity index is 2.40. The first kappa shape index (κ1) is 22.7. The summed E-state index contributed by atoms with van der Waals surface area (Å²) in [5.41, 5.74) is 1.16. The van der Waals surface area contributed by atoms with Crippen LogP contribution in [-0.4, -0.2) is 52.1 Å². The maximum absolute atomic E-state index is 12.0. The van der Waals surface area contributed by atoms with Crippen LogP contribution in [0.4, 0.5) is 4.79 Å². The van der Waals surface area contributed by atoms with E-state index in [4.69, 9.17) is 18.9 Å². The predicted octanol–water partition coefficient (Wildman–Crippen LogP) is 3.02. The van der Waals surface area contributed by atoms with Crippen LogP contribution in [0.1, 0.15) is 31.4 Å². The fourth-order valence-electron chi connectivity index (χ4n) is 2.10. The van der Waals surface area contributed by atoms with E-state index in [1.165, 1.54) is 0 Å². The molecule has 0 aliphatic heterocycles. The summed E-state index contributed by atoms with van der Waals surface area (Å²) in [6.45, 7) is 6.76. The van der Waals surface area contributed by atoms with Gasteiger partial charge < -0.3 is 24.3 Å². The number of carbonyl (C=O) groups is 2. The van der Waals surface area contributed by atoms with E-state index in [1.807, 2.05) is 30.3 Å². The van der Waals surface area contributed by atoms with E-state index in [9.17, 15) is 9.59 Å². The molecule has 1 unspecified atom stereocenters. The molecule has 7 heteroatoms. The maximum atomic E-state index is 12.0. The summed E-state index contributed by atoms with van der Waals surface area (Å²) in [5.74, 6) is -0.491. The molecule has 1 amide bonds. The van der Waals surface area contributed by atoms with Gasteiger partial charge in [0.05, 0.1) is 13.2 Å². The molecule has 0 spiro atoms. The van der Waals surface area contributed by atoms with Crippen LogP contribution >= 0.6 is 0 Å². The van der Waals surface area contributed by atoms with Gasteiger partial charge in [-0.3, -0.25) is 0 Å². The molecule has 1 atom stereocenters. The van der Waals surface area contributed by atoms with E-state index in [1.54, 1.807) is 14.0 Å². The molecule has 0 bridgehead atoms. The molecule has 0 saturated heterocycles. The Bertz CT molecular complexity index is 575. The summed E-state index contributed by atoms with van der Waals surface area (Å²) in [6.07, 6.45) is 0.664. The molecule has 7 nitrogen and oxygen atoms in total. The molecule has 0 heterocycles. The van der Waals surface area contributed by atoms with Crippen LogP contribution in [-0.2, 0) is 23.7 Å². The lowest BCUT2D eigenvalue weighted by Crippen LogP contribution is -2.31. The Morgan fingerprint density at radius 2 is 1.81 bits per heavy atom. The van der Waals surface area contributed by atoms with Gasteiger partial charge in [-0.25, -0.2) is 9.59 Å². The third-order valence-electron chi connectivity index (χ3n) is 3.53. The predicted molar refractivity (Wildman–Crippen MR) is 101 cm³/mol. The Kier molecular flexibility index (Phi) is 11.6. The second kappa shape index (κ2) is 13.8. The minimum absolute atomic E-state index is 0.0484. The van der Waals surface area contributed by atoms with Gasteiger partial charge >= 0.3 is 12.1 Å². The van der Waals surface area contributed by atoms with Gasteiger partial charge in [0.1, 0.15) is 6.61 Å². The number of rotatable bonds is 13. The van der Waals surface area contributed by atoms with E-state index >= 15 is 0 Å². The van der Waals surface area contributed by atoms with Gasteiger partial charge in [-0.05, 0) is 25.3 Å². The van der Waals surface area contributed by atoms with Gasteiger partial charge in [-0.15, -0.1) is 0 Å². The number of ether oxygens (including phenoxy) is 4. The Hall–Kier alpha value is -2.38. The molecule has 0 aliphatic rings. The first-order valence-electron chi connectivity index (χ1n) is 8.93. The second-order valence-electron chi connectivity index (χ2n) is 5.92. The molecule has 27 heavy (non-hydrogen) atoms. The Morgan fingerprint density at radius 3 is 2.48 bits per heavy atom. The van der Waals surface area contributed by atoms with Crippen LogP contribution in [0.3, 0.4) is 0 Å². The van der Waals surface area contributed by atoms with Crippen molar-refractivity contribution in [2.24, 2.45) is 0 Å². The van der Waals surface area contributed by atoms with Crippen molar-refractivity contribution in [1.29, 1.82) is 0 Å². The van der Waals surface area contributed by atoms with Crippen molar-refractivity contribution in [2.45, 2.75) is 25.9 Å². The lowest BCUT2D eigenvalue weighted by molar-refractivity contribution is -0.138. The van der Waals surface area contributed by atoms with Crippen LogP contribution in [0.5, 0.6) is 0 Å². The molecule has 0 radical (unpaired) electrons. The molecule has 150 valence electrons. The van der Waals surface area contributed by atoms with Gasteiger partial charge in [-0.1, -0.05) is 36.9 Å². The number of nitrogens with one attached hydrogen (secondary N) is 1. The summed E-state index contributed by atoms with van der Waals surface area (Å²) in [7, 11) is 1.66. The standard InChI is InChI=1S/C20H29NO6/c1-16(2)19(22)26-14-11-21-20(23)27-18(17-9-5-4-6-10-17)15-25-13-8-7-12-24-3/h4-6,9-10,18H,1,7-8,11-15H2,2-3H3,(H,21,23). The molecule has 0 aromatic heterocycles. The number of benzene rings is 1. The summed E-state index contributed by atoms with van der Waals surface area (Å²) < 4.78 is 21.0. The van der Waals surface area contributed by atoms with Crippen molar-refractivity contribution in [2.75, 3.05) is 40.1 Å². The molecule has 0 fully saturated rings. The molecule has 1 N–H and O–H groups in total. The monoisotopic (exact) mass is 379 g/mol. The fourth-order valence-corrected chi connectivity index (χ4v) is 2.10. The molecular formula is C20H29NO6. The van der Waals surface area contributed by atoms with Crippen molar-refractivity contribution in [3.8, 4) is 0 Å². The number of methoxy groups -OCH3 is 1. The average molecular weight is 379 g/mol. The number of hydrogen-bond acceptors (Lipinski definition) is 6. The molecule has 0 aliphatic carbocycles. The maximum Gasteiger partial charge on any atom is 0.407 e. The van der Waals surface area contributed by atoms with Gasteiger partial charge in [-0.2, -0.15) is 0 Å². The quantitative estimate of drug-likeness (QED) is 0.322. The Morgan fingerprint density at radius 1 is 1.11 bits per heavy atom. The zero-order valence-electron chi connectivity index (χ0n) is 16.1. The van der Waals surface area contributed by atoms with Crippen LogP contribution in [0.25, 0.3) is 0 Å². The number of unbranched alkanes of at least 4 members (excludes halogenated alkanes) is 1. The zero-order valence-corrected chi connectivity index (χ0v) is 16.1. The van der Waals surface area contributed by atoms with Crippen molar-refractivity contribution < 1.29 is 28.5 Å². The molecule has 1 aromatic carbocycles. The smallest absolute Gasteiger partial charge is 0.407 e. The average Bonchev–Trinajstić information content (AvgIpc) is 2.67. The highest BCUT2D eigenvalue weighted by molar-refractivity contribution is 5.86. The minimum atomic E-state index is -0.599. The van der Waals surface area contributed by atoms with Crippen molar-refractivity contribution in [1.82, 2.24) is 5.32 Å². The zero-order chi connectivity index (χ0) is 19.9. The van der Waals surface area contributed by atoms with Crippen molar-refractivity contribution in [3.63, 3.8) is 0 Å².